The van der Waals surface area contributed by atoms with Gasteiger partial charge in [0, 0.05) is 4.47 Å². The highest BCUT2D eigenvalue weighted by Gasteiger charge is 2.09. The van der Waals surface area contributed by atoms with Crippen LogP contribution in [0.4, 0.5) is 4.39 Å². The lowest BCUT2D eigenvalue weighted by Gasteiger charge is -2.03. The molecular weight excluding hydrogens is 427 g/mol. The van der Waals surface area contributed by atoms with E-state index in [1.54, 1.807) is 24.3 Å². The molecule has 0 aliphatic heterocycles. The average Bonchev–Trinajstić information content (AvgIpc) is 2.50. The molecule has 1 heterocycles. The Labute approximate surface area is 148 Å². The molecule has 0 saturated carbocycles. The van der Waals surface area contributed by atoms with Crippen LogP contribution in [0.3, 0.4) is 0 Å². The van der Waals surface area contributed by atoms with Crippen LogP contribution in [0.15, 0.2) is 54.8 Å². The fraction of sp³-hybridized carbons (Fsp3) is 0.0556. The lowest BCUT2D eigenvalue weighted by atomic mass is 10.1. The third-order valence-corrected chi connectivity index (χ3v) is 4.71. The van der Waals surface area contributed by atoms with E-state index < -0.39 is 0 Å². The third kappa shape index (κ3) is 3.31. The largest absolute Gasteiger partial charge is 0.462 e. The van der Waals surface area contributed by atoms with E-state index in [0.717, 1.165) is 14.5 Å². The van der Waals surface area contributed by atoms with Gasteiger partial charge in [0.25, 0.3) is 0 Å². The van der Waals surface area contributed by atoms with Crippen LogP contribution < -0.4 is 5.43 Å². The fourth-order valence-corrected chi connectivity index (χ4v) is 3.33. The van der Waals surface area contributed by atoms with Crippen molar-refractivity contribution in [2.75, 3.05) is 0 Å². The molecule has 2 nitrogen and oxygen atoms in total. The summed E-state index contributed by atoms with van der Waals surface area (Å²) in [6.07, 6.45) is 4.71. The molecule has 116 valence electrons. The number of benzene rings is 2. The van der Waals surface area contributed by atoms with E-state index in [-0.39, 0.29) is 11.2 Å². The van der Waals surface area contributed by atoms with Gasteiger partial charge in [-0.2, -0.15) is 0 Å². The number of aryl methyl sites for hydroxylation is 1. The molecule has 0 N–H and O–H groups in total. The van der Waals surface area contributed by atoms with Crippen LogP contribution in [-0.2, 0) is 0 Å². The Morgan fingerprint density at radius 1 is 1.04 bits per heavy atom. The lowest BCUT2D eigenvalue weighted by molar-refractivity contribution is 0.599. The summed E-state index contributed by atoms with van der Waals surface area (Å²) >= 11 is 6.76. The van der Waals surface area contributed by atoms with Gasteiger partial charge in [-0.15, -0.1) is 0 Å². The van der Waals surface area contributed by atoms with Crippen LogP contribution in [0.5, 0.6) is 0 Å². The van der Waals surface area contributed by atoms with Gasteiger partial charge in [0.1, 0.15) is 12.1 Å². The summed E-state index contributed by atoms with van der Waals surface area (Å²) in [6, 6.07) is 8.07. The zero-order chi connectivity index (χ0) is 16.6. The van der Waals surface area contributed by atoms with Crippen LogP contribution >= 0.6 is 31.9 Å². The normalized spacial score (nSPS) is 11.5. The van der Waals surface area contributed by atoms with Crippen LogP contribution in [0, 0.1) is 12.7 Å². The molecule has 0 atom stereocenters. The Balaban J connectivity index is 2.11. The van der Waals surface area contributed by atoms with E-state index in [0.29, 0.717) is 22.1 Å². The van der Waals surface area contributed by atoms with Crippen LogP contribution in [0.25, 0.3) is 23.1 Å². The predicted molar refractivity (Wildman–Crippen MR) is 97.9 cm³/mol. The Hall–Kier alpha value is -1.72. The minimum atomic E-state index is -0.335. The molecule has 0 aliphatic carbocycles. The second-order valence-corrected chi connectivity index (χ2v) is 6.85. The minimum absolute atomic E-state index is 0.126. The third-order valence-electron chi connectivity index (χ3n) is 3.40. The molecular formula is C18H11Br2FO2. The van der Waals surface area contributed by atoms with Crippen LogP contribution in [0.1, 0.15) is 16.7 Å². The highest BCUT2D eigenvalue weighted by molar-refractivity contribution is 9.11. The van der Waals surface area contributed by atoms with Crippen molar-refractivity contribution in [1.82, 2.24) is 0 Å². The van der Waals surface area contributed by atoms with Crippen molar-refractivity contribution in [3.05, 3.63) is 78.3 Å². The van der Waals surface area contributed by atoms with E-state index in [2.05, 4.69) is 31.9 Å². The van der Waals surface area contributed by atoms with Crippen molar-refractivity contribution in [3.8, 4) is 0 Å². The van der Waals surface area contributed by atoms with Crippen LogP contribution in [0.2, 0.25) is 0 Å². The molecule has 0 unspecified atom stereocenters. The molecule has 3 rings (SSSR count). The molecule has 0 radical (unpaired) electrons. The first-order valence-electron chi connectivity index (χ1n) is 6.80. The van der Waals surface area contributed by atoms with E-state index in [4.69, 9.17) is 4.42 Å². The summed E-state index contributed by atoms with van der Waals surface area (Å²) in [6.45, 7) is 1.91. The Morgan fingerprint density at radius 2 is 1.78 bits per heavy atom. The number of fused-ring (bicyclic) bond motifs is 1. The molecule has 0 spiro atoms. The molecule has 0 saturated heterocycles. The average molecular weight is 438 g/mol. The smallest absolute Gasteiger partial charge is 0.199 e. The van der Waals surface area contributed by atoms with Gasteiger partial charge in [-0.3, -0.25) is 4.79 Å². The van der Waals surface area contributed by atoms with E-state index in [1.165, 1.54) is 18.4 Å². The lowest BCUT2D eigenvalue weighted by Crippen LogP contribution is -2.05. The second-order valence-electron chi connectivity index (χ2n) is 5.14. The van der Waals surface area contributed by atoms with E-state index in [9.17, 15) is 9.18 Å². The van der Waals surface area contributed by atoms with Crippen molar-refractivity contribution < 1.29 is 8.81 Å². The molecule has 1 aromatic heterocycles. The number of halogens is 3. The highest BCUT2D eigenvalue weighted by Crippen LogP contribution is 2.25. The molecule has 2 aromatic carbocycles. The van der Waals surface area contributed by atoms with Gasteiger partial charge in [0.2, 0.25) is 0 Å². The van der Waals surface area contributed by atoms with Gasteiger partial charge >= 0.3 is 0 Å². The zero-order valence-corrected chi connectivity index (χ0v) is 15.2. The summed E-state index contributed by atoms with van der Waals surface area (Å²) in [4.78, 5) is 12.6. The first-order valence-corrected chi connectivity index (χ1v) is 8.39. The molecule has 0 amide bonds. The standard InChI is InChI=1S/C18H11Br2FO2/c1-10-6-14-17(22)12(9-23-18(14)16(20)7-10)3-2-11-8-13(21)4-5-15(11)19/h2-9H,1H3/b3-2+. The number of hydrogen-bond donors (Lipinski definition) is 0. The summed E-state index contributed by atoms with van der Waals surface area (Å²) in [5.41, 5.74) is 2.41. The Morgan fingerprint density at radius 3 is 2.57 bits per heavy atom. The van der Waals surface area contributed by atoms with Crippen molar-refractivity contribution in [2.24, 2.45) is 0 Å². The quantitative estimate of drug-likeness (QED) is 0.496. The minimum Gasteiger partial charge on any atom is -0.462 e. The predicted octanol–water partition coefficient (Wildman–Crippen LogP) is 5.94. The summed E-state index contributed by atoms with van der Waals surface area (Å²) in [7, 11) is 0. The molecule has 5 heteroatoms. The zero-order valence-electron chi connectivity index (χ0n) is 12.1. The molecule has 23 heavy (non-hydrogen) atoms. The second kappa shape index (κ2) is 6.42. The number of rotatable bonds is 2. The topological polar surface area (TPSA) is 30.2 Å². The Kier molecular flexibility index (Phi) is 4.50. The SMILES string of the molecule is Cc1cc(Br)c2occ(/C=C/c3cc(F)ccc3Br)c(=O)c2c1. The monoisotopic (exact) mass is 436 g/mol. The van der Waals surface area contributed by atoms with Crippen molar-refractivity contribution in [2.45, 2.75) is 6.92 Å². The van der Waals surface area contributed by atoms with Crippen LogP contribution in [-0.4, -0.2) is 0 Å². The first kappa shape index (κ1) is 16.1. The molecule has 0 aliphatic rings. The summed E-state index contributed by atoms with van der Waals surface area (Å²) < 4.78 is 20.4. The van der Waals surface area contributed by atoms with Gasteiger partial charge in [0.15, 0.2) is 11.0 Å². The van der Waals surface area contributed by atoms with E-state index >= 15 is 0 Å². The van der Waals surface area contributed by atoms with Gasteiger partial charge in [-0.1, -0.05) is 22.0 Å². The number of hydrogen-bond acceptors (Lipinski definition) is 2. The Bertz CT molecular complexity index is 990. The summed E-state index contributed by atoms with van der Waals surface area (Å²) in [5.74, 6) is -0.335. The van der Waals surface area contributed by atoms with Gasteiger partial charge in [-0.25, -0.2) is 4.39 Å². The maximum absolute atomic E-state index is 13.3. The molecule has 3 aromatic rings. The van der Waals surface area contributed by atoms with Crippen molar-refractivity contribution in [1.29, 1.82) is 0 Å². The fourth-order valence-electron chi connectivity index (χ4n) is 2.29. The molecule has 0 bridgehead atoms. The highest BCUT2D eigenvalue weighted by atomic mass is 79.9. The van der Waals surface area contributed by atoms with Gasteiger partial charge < -0.3 is 4.42 Å². The van der Waals surface area contributed by atoms with Crippen molar-refractivity contribution in [3.63, 3.8) is 0 Å². The molecule has 0 fully saturated rings. The van der Waals surface area contributed by atoms with Gasteiger partial charge in [0.05, 0.1) is 15.4 Å². The summed E-state index contributed by atoms with van der Waals surface area (Å²) in [5, 5.41) is 0.511. The maximum Gasteiger partial charge on any atom is 0.199 e. The van der Waals surface area contributed by atoms with Crippen molar-refractivity contribution >= 4 is 55.0 Å². The van der Waals surface area contributed by atoms with Gasteiger partial charge in [-0.05, 0) is 70.4 Å². The maximum atomic E-state index is 13.3. The first-order chi connectivity index (χ1) is 11.0. The van der Waals surface area contributed by atoms with E-state index in [1.807, 2.05) is 13.0 Å².